The van der Waals surface area contributed by atoms with Crippen LogP contribution in [-0.4, -0.2) is 23.3 Å². The minimum atomic E-state index is -0.513. The number of ether oxygens (including phenoxy) is 1. The van der Waals surface area contributed by atoms with E-state index in [1.807, 2.05) is 0 Å². The van der Waals surface area contributed by atoms with Crippen LogP contribution in [0.3, 0.4) is 0 Å². The fourth-order valence-corrected chi connectivity index (χ4v) is 1.41. The third-order valence-electron chi connectivity index (χ3n) is 2.11. The molecule has 0 saturated carbocycles. The molecule has 2 rings (SSSR count). The van der Waals surface area contributed by atoms with Crippen LogP contribution < -0.4 is 0 Å². The van der Waals surface area contributed by atoms with E-state index in [-0.39, 0.29) is 5.69 Å². The Labute approximate surface area is 89.6 Å². The zero-order valence-electron chi connectivity index (χ0n) is 8.34. The largest absolute Gasteiger partial charge is 0.464 e. The van der Waals surface area contributed by atoms with E-state index in [0.717, 1.165) is 0 Å². The number of rotatable bonds is 2. The highest BCUT2D eigenvalue weighted by Crippen LogP contribution is 2.26. The van der Waals surface area contributed by atoms with E-state index in [0.29, 0.717) is 16.6 Å². The minimum absolute atomic E-state index is 0.243. The van der Waals surface area contributed by atoms with Gasteiger partial charge in [0.15, 0.2) is 5.69 Å². The van der Waals surface area contributed by atoms with Gasteiger partial charge in [0.05, 0.1) is 12.8 Å². The number of azide groups is 1. The molecule has 1 aromatic heterocycles. The van der Waals surface area contributed by atoms with E-state index in [4.69, 9.17) is 5.53 Å². The average Bonchev–Trinajstić information content (AvgIpc) is 2.73. The van der Waals surface area contributed by atoms with Crippen LogP contribution >= 0.6 is 0 Å². The highest BCUT2D eigenvalue weighted by Gasteiger charge is 2.14. The number of para-hydroxylation sites is 1. The first-order valence-corrected chi connectivity index (χ1v) is 4.38. The topological polar surface area (TPSA) is 104 Å². The van der Waals surface area contributed by atoms with Crippen LogP contribution in [0.15, 0.2) is 23.3 Å². The molecule has 16 heavy (non-hydrogen) atoms. The second-order valence-corrected chi connectivity index (χ2v) is 2.95. The van der Waals surface area contributed by atoms with Crippen molar-refractivity contribution in [3.63, 3.8) is 0 Å². The van der Waals surface area contributed by atoms with Crippen molar-refractivity contribution in [3.05, 3.63) is 34.3 Å². The molecule has 1 N–H and O–H groups in total. The molecule has 0 radical (unpaired) electrons. The Bertz CT molecular complexity index is 597. The van der Waals surface area contributed by atoms with Crippen LogP contribution in [0.25, 0.3) is 21.3 Å². The molecule has 1 heterocycles. The highest BCUT2D eigenvalue weighted by atomic mass is 16.5. The van der Waals surface area contributed by atoms with Crippen molar-refractivity contribution in [2.75, 3.05) is 7.11 Å². The van der Waals surface area contributed by atoms with Crippen LogP contribution in [0.5, 0.6) is 0 Å². The van der Waals surface area contributed by atoms with Crippen molar-refractivity contribution in [2.24, 2.45) is 5.11 Å². The Kier molecular flexibility index (Phi) is 2.45. The van der Waals surface area contributed by atoms with Gasteiger partial charge in [0, 0.05) is 10.3 Å². The van der Waals surface area contributed by atoms with Crippen LogP contribution in [0.1, 0.15) is 10.5 Å². The quantitative estimate of drug-likeness (QED) is 0.361. The monoisotopic (exact) mass is 217 g/mol. The number of carbonyl (C=O) groups is 1. The summed E-state index contributed by atoms with van der Waals surface area (Å²) in [5.74, 6) is -0.513. The summed E-state index contributed by atoms with van der Waals surface area (Å²) in [5.41, 5.74) is 9.43. The van der Waals surface area contributed by atoms with Crippen molar-refractivity contribution in [2.45, 2.75) is 0 Å². The fraction of sp³-hybridized carbons (Fsp3) is 0.111. The number of carbonyl (C=O) groups excluding carboxylic acids is 1. The first kappa shape index (κ1) is 10.0. The molecule has 0 fully saturated rings. The van der Waals surface area contributed by atoms with Gasteiger partial charge in [-0.1, -0.05) is 23.3 Å². The fourth-order valence-electron chi connectivity index (χ4n) is 1.41. The first-order valence-electron chi connectivity index (χ1n) is 4.38. The summed E-state index contributed by atoms with van der Waals surface area (Å²) in [6.45, 7) is 0. The molecule has 0 aliphatic carbocycles. The summed E-state index contributed by atoms with van der Waals surface area (Å²) >= 11 is 0. The van der Waals surface area contributed by atoms with Gasteiger partial charge in [-0.15, -0.1) is 0 Å². The summed E-state index contributed by atoms with van der Waals surface area (Å²) in [6.07, 6.45) is 0. The number of methoxy groups -OCH3 is 1. The zero-order chi connectivity index (χ0) is 11.5. The van der Waals surface area contributed by atoms with Gasteiger partial charge in [-0.2, -0.15) is 5.10 Å². The molecule has 0 unspecified atom stereocenters. The van der Waals surface area contributed by atoms with Crippen molar-refractivity contribution in [1.29, 1.82) is 0 Å². The lowest BCUT2D eigenvalue weighted by Gasteiger charge is -1.96. The standard InChI is InChI=1S/C9H7N5O2/c1-16-9(15)8-5-3-2-4-6(11-14-10)7(5)12-13-8/h2-4H,1H3,(H,12,13). The van der Waals surface area contributed by atoms with E-state index in [2.05, 4.69) is 25.0 Å². The summed E-state index contributed by atoms with van der Waals surface area (Å²) in [6, 6.07) is 4.99. The first-order chi connectivity index (χ1) is 7.77. The Balaban J connectivity index is 2.70. The van der Waals surface area contributed by atoms with Gasteiger partial charge in [0.1, 0.15) is 5.52 Å². The molecule has 2 aromatic rings. The van der Waals surface area contributed by atoms with Gasteiger partial charge in [-0.25, -0.2) is 4.79 Å². The number of aromatic nitrogens is 2. The maximum absolute atomic E-state index is 11.4. The summed E-state index contributed by atoms with van der Waals surface area (Å²) < 4.78 is 4.59. The number of H-pyrrole nitrogens is 1. The summed E-state index contributed by atoms with van der Waals surface area (Å²) in [4.78, 5) is 14.0. The van der Waals surface area contributed by atoms with E-state index in [1.54, 1.807) is 18.2 Å². The molecule has 7 nitrogen and oxygen atoms in total. The second-order valence-electron chi connectivity index (χ2n) is 2.95. The molecule has 0 amide bonds. The van der Waals surface area contributed by atoms with E-state index < -0.39 is 5.97 Å². The molecule has 0 aliphatic rings. The molecule has 0 spiro atoms. The molecular weight excluding hydrogens is 210 g/mol. The van der Waals surface area contributed by atoms with E-state index in [9.17, 15) is 4.79 Å². The van der Waals surface area contributed by atoms with Crippen molar-refractivity contribution < 1.29 is 9.53 Å². The zero-order valence-corrected chi connectivity index (χ0v) is 8.34. The summed E-state index contributed by atoms with van der Waals surface area (Å²) in [7, 11) is 1.28. The number of esters is 1. The van der Waals surface area contributed by atoms with Crippen molar-refractivity contribution in [1.82, 2.24) is 10.2 Å². The molecule has 0 atom stereocenters. The average molecular weight is 217 g/mol. The molecule has 0 bridgehead atoms. The molecular formula is C9H7N5O2. The lowest BCUT2D eigenvalue weighted by molar-refractivity contribution is 0.0596. The molecule has 1 aromatic carbocycles. The smallest absolute Gasteiger partial charge is 0.356 e. The predicted molar refractivity (Wildman–Crippen MR) is 56.2 cm³/mol. The van der Waals surface area contributed by atoms with Gasteiger partial charge in [0.2, 0.25) is 0 Å². The Hall–Kier alpha value is -2.53. The second kappa shape index (κ2) is 3.92. The number of hydrogen-bond donors (Lipinski definition) is 1. The van der Waals surface area contributed by atoms with Gasteiger partial charge >= 0.3 is 5.97 Å². The third kappa shape index (κ3) is 1.45. The van der Waals surface area contributed by atoms with Crippen LogP contribution in [0.4, 0.5) is 5.69 Å². The van der Waals surface area contributed by atoms with Crippen LogP contribution in [0.2, 0.25) is 0 Å². The lowest BCUT2D eigenvalue weighted by Crippen LogP contribution is -2.01. The third-order valence-corrected chi connectivity index (χ3v) is 2.11. The molecule has 7 heteroatoms. The number of hydrogen-bond acceptors (Lipinski definition) is 4. The van der Waals surface area contributed by atoms with Gasteiger partial charge < -0.3 is 4.74 Å². The molecule has 0 saturated heterocycles. The molecule has 0 aliphatic heterocycles. The number of nitrogens with one attached hydrogen (secondary N) is 1. The Morgan fingerprint density at radius 3 is 3.12 bits per heavy atom. The number of aromatic amines is 1. The summed E-state index contributed by atoms with van der Waals surface area (Å²) in [5, 5.41) is 10.5. The number of nitrogens with zero attached hydrogens (tertiary/aromatic N) is 4. The van der Waals surface area contributed by atoms with Gasteiger partial charge in [-0.05, 0) is 5.53 Å². The SMILES string of the molecule is COC(=O)c1[nH]nc2c(N=[N+]=[N-])cccc12. The van der Waals surface area contributed by atoms with E-state index >= 15 is 0 Å². The normalized spacial score (nSPS) is 9.81. The highest BCUT2D eigenvalue weighted by molar-refractivity contribution is 6.04. The van der Waals surface area contributed by atoms with Crippen LogP contribution in [-0.2, 0) is 4.74 Å². The Morgan fingerprint density at radius 1 is 1.62 bits per heavy atom. The maximum atomic E-state index is 11.4. The van der Waals surface area contributed by atoms with Crippen molar-refractivity contribution in [3.8, 4) is 0 Å². The van der Waals surface area contributed by atoms with Crippen LogP contribution in [0, 0.1) is 0 Å². The maximum Gasteiger partial charge on any atom is 0.356 e. The number of benzene rings is 1. The van der Waals surface area contributed by atoms with Crippen molar-refractivity contribution >= 4 is 22.6 Å². The Morgan fingerprint density at radius 2 is 2.44 bits per heavy atom. The molecule has 80 valence electrons. The predicted octanol–water partition coefficient (Wildman–Crippen LogP) is 2.29. The number of fused-ring (bicyclic) bond motifs is 1. The van der Waals surface area contributed by atoms with Gasteiger partial charge in [-0.3, -0.25) is 5.10 Å². The van der Waals surface area contributed by atoms with E-state index in [1.165, 1.54) is 7.11 Å². The van der Waals surface area contributed by atoms with Gasteiger partial charge in [0.25, 0.3) is 0 Å². The lowest BCUT2D eigenvalue weighted by atomic mass is 10.2. The minimum Gasteiger partial charge on any atom is -0.464 e.